The first kappa shape index (κ1) is 20.2. The molecule has 1 aliphatic heterocycles. The number of carbonyl (C=O) groups is 1. The number of para-hydroxylation sites is 1. The van der Waals surface area contributed by atoms with Crippen LogP contribution in [0.2, 0.25) is 0 Å². The molecule has 1 saturated heterocycles. The van der Waals surface area contributed by atoms with Crippen molar-refractivity contribution in [2.24, 2.45) is 0 Å². The highest BCUT2D eigenvalue weighted by Gasteiger charge is 2.29. The topological polar surface area (TPSA) is 35.6 Å². The third-order valence-corrected chi connectivity index (χ3v) is 5.52. The van der Waals surface area contributed by atoms with Gasteiger partial charge in [-0.25, -0.2) is 0 Å². The first-order chi connectivity index (χ1) is 11.8. The molecule has 1 N–H and O–H groups in total. The molecule has 1 aliphatic carbocycles. The molecule has 4 nitrogen and oxygen atoms in total. The minimum atomic E-state index is 0. The van der Waals surface area contributed by atoms with Gasteiger partial charge < -0.3 is 10.2 Å². The van der Waals surface area contributed by atoms with E-state index in [4.69, 9.17) is 0 Å². The summed E-state index contributed by atoms with van der Waals surface area (Å²) in [5.41, 5.74) is 1.07. The van der Waals surface area contributed by atoms with E-state index in [1.54, 1.807) is 0 Å². The Morgan fingerprint density at radius 1 is 1.12 bits per heavy atom. The third-order valence-electron chi connectivity index (χ3n) is 5.52. The number of nitrogens with one attached hydrogen (secondary N) is 1. The molecule has 25 heavy (non-hydrogen) atoms. The molecule has 3 rings (SSSR count). The summed E-state index contributed by atoms with van der Waals surface area (Å²) < 4.78 is 0. The second kappa shape index (κ2) is 10.1. The molecule has 1 aromatic carbocycles. The average Bonchev–Trinajstić information content (AvgIpc) is 2.64. The SMILES string of the molecule is CNC1CCCN(CC(=O)N(c2ccccc2)C2CCCCC2)C1.Cl. The van der Waals surface area contributed by atoms with Gasteiger partial charge in [-0.15, -0.1) is 12.4 Å². The summed E-state index contributed by atoms with van der Waals surface area (Å²) in [5.74, 6) is 0.268. The zero-order valence-electron chi connectivity index (χ0n) is 15.3. The van der Waals surface area contributed by atoms with Crippen LogP contribution in [0.5, 0.6) is 0 Å². The van der Waals surface area contributed by atoms with Crippen molar-refractivity contribution in [1.29, 1.82) is 0 Å². The lowest BCUT2D eigenvalue weighted by molar-refractivity contribution is -0.120. The summed E-state index contributed by atoms with van der Waals surface area (Å²) in [5, 5.41) is 3.36. The van der Waals surface area contributed by atoms with Gasteiger partial charge in [0.2, 0.25) is 5.91 Å². The van der Waals surface area contributed by atoms with E-state index in [1.807, 2.05) is 25.2 Å². The molecule has 2 fully saturated rings. The highest BCUT2D eigenvalue weighted by molar-refractivity contribution is 5.95. The molecule has 0 spiro atoms. The highest BCUT2D eigenvalue weighted by Crippen LogP contribution is 2.27. The fourth-order valence-corrected chi connectivity index (χ4v) is 4.19. The van der Waals surface area contributed by atoms with E-state index in [0.29, 0.717) is 18.6 Å². The summed E-state index contributed by atoms with van der Waals surface area (Å²) in [6.07, 6.45) is 8.46. The quantitative estimate of drug-likeness (QED) is 0.867. The Bertz CT molecular complexity index is 519. The number of likely N-dealkylation sites (N-methyl/N-ethyl adjacent to an activating group) is 1. The van der Waals surface area contributed by atoms with Gasteiger partial charge in [0.25, 0.3) is 0 Å². The van der Waals surface area contributed by atoms with E-state index in [9.17, 15) is 4.79 Å². The van der Waals surface area contributed by atoms with Gasteiger partial charge in [-0.2, -0.15) is 0 Å². The number of halogens is 1. The van der Waals surface area contributed by atoms with Crippen LogP contribution in [-0.4, -0.2) is 49.6 Å². The molecule has 1 heterocycles. The number of piperidine rings is 1. The molecular formula is C20H32ClN3O. The van der Waals surface area contributed by atoms with Crippen molar-refractivity contribution < 1.29 is 4.79 Å². The fourth-order valence-electron chi connectivity index (χ4n) is 4.19. The summed E-state index contributed by atoms with van der Waals surface area (Å²) in [6, 6.07) is 11.2. The van der Waals surface area contributed by atoms with Crippen LogP contribution in [0.25, 0.3) is 0 Å². The van der Waals surface area contributed by atoms with Crippen LogP contribution in [0.3, 0.4) is 0 Å². The summed E-state index contributed by atoms with van der Waals surface area (Å²) in [6.45, 7) is 2.57. The van der Waals surface area contributed by atoms with Crippen LogP contribution >= 0.6 is 12.4 Å². The summed E-state index contributed by atoms with van der Waals surface area (Å²) in [4.78, 5) is 17.6. The first-order valence-corrected chi connectivity index (χ1v) is 9.54. The number of amides is 1. The lowest BCUT2D eigenvalue weighted by atomic mass is 9.93. The molecule has 0 bridgehead atoms. The van der Waals surface area contributed by atoms with E-state index in [-0.39, 0.29) is 18.3 Å². The maximum atomic E-state index is 13.2. The van der Waals surface area contributed by atoms with Crippen molar-refractivity contribution in [3.63, 3.8) is 0 Å². The van der Waals surface area contributed by atoms with Crippen molar-refractivity contribution in [2.45, 2.75) is 57.0 Å². The lowest BCUT2D eigenvalue weighted by Crippen LogP contribution is -2.51. The molecule has 1 unspecified atom stereocenters. The number of hydrogen-bond acceptors (Lipinski definition) is 3. The van der Waals surface area contributed by atoms with Gasteiger partial charge in [-0.3, -0.25) is 9.69 Å². The number of carbonyl (C=O) groups excluding carboxylic acids is 1. The highest BCUT2D eigenvalue weighted by atomic mass is 35.5. The van der Waals surface area contributed by atoms with Gasteiger partial charge >= 0.3 is 0 Å². The van der Waals surface area contributed by atoms with Crippen LogP contribution in [0.1, 0.15) is 44.9 Å². The predicted octanol–water partition coefficient (Wildman–Crippen LogP) is 3.46. The number of rotatable bonds is 5. The van der Waals surface area contributed by atoms with Gasteiger partial charge in [-0.05, 0) is 51.4 Å². The summed E-state index contributed by atoms with van der Waals surface area (Å²) in [7, 11) is 2.02. The van der Waals surface area contributed by atoms with Gasteiger partial charge in [0.15, 0.2) is 0 Å². The van der Waals surface area contributed by atoms with Crippen molar-refractivity contribution in [3.05, 3.63) is 30.3 Å². The Kier molecular flexibility index (Phi) is 8.20. The third kappa shape index (κ3) is 5.44. The first-order valence-electron chi connectivity index (χ1n) is 9.54. The fraction of sp³-hybridized carbons (Fsp3) is 0.650. The average molecular weight is 366 g/mol. The zero-order valence-corrected chi connectivity index (χ0v) is 16.1. The Labute approximate surface area is 158 Å². The van der Waals surface area contributed by atoms with Crippen molar-refractivity contribution >= 4 is 24.0 Å². The number of benzene rings is 1. The Morgan fingerprint density at radius 3 is 2.52 bits per heavy atom. The van der Waals surface area contributed by atoms with Crippen LogP contribution in [-0.2, 0) is 4.79 Å². The Hall–Kier alpha value is -1.10. The number of anilines is 1. The van der Waals surface area contributed by atoms with Gasteiger partial charge in [-0.1, -0.05) is 37.5 Å². The zero-order chi connectivity index (χ0) is 16.8. The maximum absolute atomic E-state index is 13.2. The molecule has 1 aromatic rings. The molecule has 1 atom stereocenters. The van der Waals surface area contributed by atoms with Crippen LogP contribution in [0.4, 0.5) is 5.69 Å². The monoisotopic (exact) mass is 365 g/mol. The molecule has 5 heteroatoms. The number of nitrogens with zero attached hydrogens (tertiary/aromatic N) is 2. The summed E-state index contributed by atoms with van der Waals surface area (Å²) >= 11 is 0. The smallest absolute Gasteiger partial charge is 0.241 e. The van der Waals surface area contributed by atoms with E-state index in [2.05, 4.69) is 27.2 Å². The second-order valence-corrected chi connectivity index (χ2v) is 7.25. The van der Waals surface area contributed by atoms with E-state index in [1.165, 1.54) is 32.1 Å². The minimum Gasteiger partial charge on any atom is -0.316 e. The maximum Gasteiger partial charge on any atom is 0.241 e. The Balaban J connectivity index is 0.00000225. The number of hydrogen-bond donors (Lipinski definition) is 1. The normalized spacial score (nSPS) is 22.2. The van der Waals surface area contributed by atoms with E-state index < -0.39 is 0 Å². The van der Waals surface area contributed by atoms with Crippen LogP contribution in [0, 0.1) is 0 Å². The van der Waals surface area contributed by atoms with Gasteiger partial charge in [0, 0.05) is 24.3 Å². The molecule has 1 saturated carbocycles. The van der Waals surface area contributed by atoms with E-state index >= 15 is 0 Å². The predicted molar refractivity (Wildman–Crippen MR) is 107 cm³/mol. The van der Waals surface area contributed by atoms with Gasteiger partial charge in [0.05, 0.1) is 6.54 Å². The lowest BCUT2D eigenvalue weighted by Gasteiger charge is -2.37. The Morgan fingerprint density at radius 2 is 1.84 bits per heavy atom. The van der Waals surface area contributed by atoms with Crippen molar-refractivity contribution in [3.8, 4) is 0 Å². The van der Waals surface area contributed by atoms with Crippen LogP contribution < -0.4 is 10.2 Å². The second-order valence-electron chi connectivity index (χ2n) is 7.25. The molecule has 1 amide bonds. The minimum absolute atomic E-state index is 0. The van der Waals surface area contributed by atoms with Crippen molar-refractivity contribution in [2.75, 3.05) is 31.6 Å². The van der Waals surface area contributed by atoms with E-state index in [0.717, 1.165) is 31.6 Å². The van der Waals surface area contributed by atoms with Crippen LogP contribution in [0.15, 0.2) is 30.3 Å². The standard InChI is InChI=1S/C20H31N3O.ClH/c1-21-17-9-8-14-22(15-17)16-20(24)23(18-10-4-2-5-11-18)19-12-6-3-7-13-19;/h2,4-5,10-11,17,19,21H,3,6-9,12-16H2,1H3;1H. The molecule has 2 aliphatic rings. The largest absolute Gasteiger partial charge is 0.316 e. The molecule has 0 aromatic heterocycles. The molecule has 0 radical (unpaired) electrons. The molecule has 140 valence electrons. The van der Waals surface area contributed by atoms with Crippen molar-refractivity contribution in [1.82, 2.24) is 10.2 Å². The van der Waals surface area contributed by atoms with Gasteiger partial charge in [0.1, 0.15) is 0 Å². The number of likely N-dealkylation sites (tertiary alicyclic amines) is 1. The molecular weight excluding hydrogens is 334 g/mol.